The van der Waals surface area contributed by atoms with Crippen molar-refractivity contribution in [3.63, 3.8) is 0 Å². The highest BCUT2D eigenvalue weighted by molar-refractivity contribution is 7.92. The molecule has 0 aliphatic heterocycles. The van der Waals surface area contributed by atoms with Gasteiger partial charge in [0.05, 0.1) is 35.1 Å². The van der Waals surface area contributed by atoms with Crippen LogP contribution in [-0.2, 0) is 21.2 Å². The van der Waals surface area contributed by atoms with Crippen LogP contribution < -0.4 is 10.2 Å². The molecule has 2 aromatic carbocycles. The van der Waals surface area contributed by atoms with Crippen LogP contribution in [0.5, 0.6) is 5.75 Å². The highest BCUT2D eigenvalue weighted by atomic mass is 35.5. The van der Waals surface area contributed by atoms with E-state index in [-0.39, 0.29) is 43.9 Å². The van der Waals surface area contributed by atoms with Crippen LogP contribution in [0.3, 0.4) is 0 Å². The summed E-state index contributed by atoms with van der Waals surface area (Å²) in [6, 6.07) is 7.81. The van der Waals surface area contributed by atoms with Crippen molar-refractivity contribution in [2.45, 2.75) is 31.8 Å². The van der Waals surface area contributed by atoms with Gasteiger partial charge in [-0.3, -0.25) is 9.59 Å². The highest BCUT2D eigenvalue weighted by Crippen LogP contribution is 2.35. The Morgan fingerprint density at radius 1 is 1.16 bits per heavy atom. The van der Waals surface area contributed by atoms with Crippen molar-refractivity contribution < 1.29 is 31.1 Å². The largest absolute Gasteiger partial charge is 0.497 e. The van der Waals surface area contributed by atoms with Gasteiger partial charge in [-0.1, -0.05) is 31.5 Å². The number of pyridine rings is 1. The molecule has 0 N–H and O–H groups in total. The van der Waals surface area contributed by atoms with Crippen LogP contribution in [0, 0.1) is 0 Å². The Labute approximate surface area is 186 Å². The maximum atomic E-state index is 13.1. The smallest absolute Gasteiger partial charge is 0.493 e. The average molecular weight is 490 g/mol. The van der Waals surface area contributed by atoms with E-state index in [0.717, 1.165) is 5.56 Å². The zero-order chi connectivity index (χ0) is 24.0. The van der Waals surface area contributed by atoms with Crippen LogP contribution >= 0.6 is 11.6 Å². The topological polar surface area (TPSA) is 82.4 Å². The molecule has 0 radical (unpaired) electrons. The molecule has 172 valence electrons. The Morgan fingerprint density at radius 3 is 2.34 bits per heavy atom. The Hall–Kier alpha value is -2.59. The quantitative estimate of drug-likeness (QED) is 0.478. The number of fused-ring (bicyclic) bond motifs is 2. The number of ketones is 1. The zero-order valence-electron chi connectivity index (χ0n) is 17.3. The summed E-state index contributed by atoms with van der Waals surface area (Å²) in [7, 11) is -4.37. The number of halogens is 4. The molecule has 0 saturated carbocycles. The number of alkyl halides is 3. The number of benzene rings is 2. The molecule has 0 fully saturated rings. The summed E-state index contributed by atoms with van der Waals surface area (Å²) in [5, 5.41) is 0.461. The second-order valence-electron chi connectivity index (χ2n) is 7.57. The van der Waals surface area contributed by atoms with Gasteiger partial charge in [-0.05, 0) is 35.7 Å². The molecule has 1 aromatic heterocycles. The first kappa shape index (κ1) is 24.1. The molecule has 1 heterocycles. The van der Waals surface area contributed by atoms with Gasteiger partial charge in [-0.15, -0.1) is 0 Å². The molecule has 0 atom stereocenters. The number of carbonyl (C=O) groups is 1. The Bertz CT molecular complexity index is 1390. The fraction of sp³-hybridized carbons (Fsp3) is 0.333. The van der Waals surface area contributed by atoms with Crippen molar-refractivity contribution in [3.8, 4) is 5.75 Å². The molecule has 0 aliphatic rings. The molecule has 6 nitrogen and oxygen atoms in total. The van der Waals surface area contributed by atoms with E-state index in [0.29, 0.717) is 0 Å². The average Bonchev–Trinajstić information content (AvgIpc) is 2.69. The number of nitrogens with zero attached hydrogens (tertiary/aromatic N) is 1. The van der Waals surface area contributed by atoms with Crippen LogP contribution in [0.15, 0.2) is 35.1 Å². The predicted molar refractivity (Wildman–Crippen MR) is 116 cm³/mol. The molecular formula is C21H19ClF3NO5S. The van der Waals surface area contributed by atoms with E-state index in [1.807, 2.05) is 13.8 Å². The maximum absolute atomic E-state index is 13.1. The number of hydrogen-bond acceptors (Lipinski definition) is 5. The fourth-order valence-corrected chi connectivity index (χ4v) is 4.37. The van der Waals surface area contributed by atoms with E-state index in [4.69, 9.17) is 16.3 Å². The van der Waals surface area contributed by atoms with Crippen LogP contribution in [0.2, 0.25) is 5.02 Å². The van der Waals surface area contributed by atoms with Gasteiger partial charge in [0, 0.05) is 5.39 Å². The summed E-state index contributed by atoms with van der Waals surface area (Å²) in [5.41, 5.74) is -4.78. The first-order chi connectivity index (χ1) is 14.8. The number of sulfone groups is 1. The number of Topliss-reactive ketones (excluding diaryl/α,β-unsaturated/α-hetero) is 1. The standard InChI is InChI=1S/C21H19ClF3NO5S/c1-11(2)12-4-5-14-17(8-12)26(9-13(27)10-32(29,30)21(23,24)25)18-15(19(14)28)6-7-16(22)20(18)31-3/h4-8,11H,9-10H2,1-3H3. The lowest BCUT2D eigenvalue weighted by atomic mass is 10.00. The van der Waals surface area contributed by atoms with E-state index < -0.39 is 33.4 Å². The summed E-state index contributed by atoms with van der Waals surface area (Å²) in [6.07, 6.45) is 0. The third kappa shape index (κ3) is 4.21. The number of methoxy groups -OCH3 is 1. The number of aromatic nitrogens is 1. The van der Waals surface area contributed by atoms with Crippen LogP contribution in [0.4, 0.5) is 13.2 Å². The summed E-state index contributed by atoms with van der Waals surface area (Å²) in [5.74, 6) is -2.84. The van der Waals surface area contributed by atoms with E-state index in [1.165, 1.54) is 23.8 Å². The predicted octanol–water partition coefficient (Wildman–Crippen LogP) is 4.44. The van der Waals surface area contributed by atoms with Gasteiger partial charge in [-0.2, -0.15) is 13.2 Å². The van der Waals surface area contributed by atoms with Crippen molar-refractivity contribution in [1.82, 2.24) is 4.57 Å². The minimum absolute atomic E-state index is 0.0428. The number of rotatable bonds is 6. The summed E-state index contributed by atoms with van der Waals surface area (Å²) in [6.45, 7) is 3.08. The molecule has 11 heteroatoms. The summed E-state index contributed by atoms with van der Waals surface area (Å²) >= 11 is 6.19. The van der Waals surface area contributed by atoms with Gasteiger partial charge in [0.15, 0.2) is 17.0 Å². The van der Waals surface area contributed by atoms with Gasteiger partial charge in [0.25, 0.3) is 9.84 Å². The van der Waals surface area contributed by atoms with Crippen molar-refractivity contribution in [2.75, 3.05) is 12.9 Å². The first-order valence-corrected chi connectivity index (χ1v) is 11.4. The molecule has 0 bridgehead atoms. The van der Waals surface area contributed by atoms with E-state index in [2.05, 4.69) is 0 Å². The van der Waals surface area contributed by atoms with E-state index in [9.17, 15) is 31.2 Å². The monoisotopic (exact) mass is 489 g/mol. The van der Waals surface area contributed by atoms with Gasteiger partial charge in [-0.25, -0.2) is 8.42 Å². The van der Waals surface area contributed by atoms with E-state index >= 15 is 0 Å². The minimum Gasteiger partial charge on any atom is -0.493 e. The molecule has 0 saturated heterocycles. The SMILES string of the molecule is COc1c(Cl)ccc2c(=O)c3ccc(C(C)C)cc3n(CC(=O)CS(=O)(=O)C(F)(F)F)c12. The summed E-state index contributed by atoms with van der Waals surface area (Å²) in [4.78, 5) is 25.6. The Kier molecular flexibility index (Phi) is 6.32. The molecule has 32 heavy (non-hydrogen) atoms. The normalized spacial score (nSPS) is 12.6. The third-order valence-corrected chi connectivity index (χ3v) is 6.77. The maximum Gasteiger partial charge on any atom is 0.497 e. The zero-order valence-corrected chi connectivity index (χ0v) is 18.9. The lowest BCUT2D eigenvalue weighted by Crippen LogP contribution is -2.31. The van der Waals surface area contributed by atoms with Crippen molar-refractivity contribution in [2.24, 2.45) is 0 Å². The second-order valence-corrected chi connectivity index (χ2v) is 9.96. The van der Waals surface area contributed by atoms with Gasteiger partial charge in [0.2, 0.25) is 0 Å². The van der Waals surface area contributed by atoms with Crippen LogP contribution in [0.1, 0.15) is 25.3 Å². The minimum atomic E-state index is -5.66. The van der Waals surface area contributed by atoms with Crippen molar-refractivity contribution in [3.05, 3.63) is 51.1 Å². The molecule has 0 spiro atoms. The van der Waals surface area contributed by atoms with Gasteiger partial charge >= 0.3 is 5.51 Å². The Balaban J connectivity index is 2.35. The number of ether oxygens (including phenoxy) is 1. The molecular weight excluding hydrogens is 471 g/mol. The van der Waals surface area contributed by atoms with Gasteiger partial charge in [0.1, 0.15) is 5.75 Å². The lowest BCUT2D eigenvalue weighted by molar-refractivity contribution is -0.117. The molecule has 3 rings (SSSR count). The Morgan fingerprint density at radius 2 is 1.78 bits per heavy atom. The first-order valence-electron chi connectivity index (χ1n) is 9.42. The number of hydrogen-bond donors (Lipinski definition) is 0. The van der Waals surface area contributed by atoms with Crippen LogP contribution in [0.25, 0.3) is 21.8 Å². The van der Waals surface area contributed by atoms with Crippen molar-refractivity contribution >= 4 is 49.0 Å². The van der Waals surface area contributed by atoms with Gasteiger partial charge < -0.3 is 9.30 Å². The second kappa shape index (κ2) is 8.40. The summed E-state index contributed by atoms with van der Waals surface area (Å²) < 4.78 is 67.9. The molecule has 3 aromatic rings. The molecule has 0 aliphatic carbocycles. The molecule has 0 amide bonds. The van der Waals surface area contributed by atoms with Crippen molar-refractivity contribution in [1.29, 1.82) is 0 Å². The van der Waals surface area contributed by atoms with Crippen LogP contribution in [-0.4, -0.2) is 37.1 Å². The fourth-order valence-electron chi connectivity index (χ4n) is 3.46. The lowest BCUT2D eigenvalue weighted by Gasteiger charge is -2.19. The number of carbonyl (C=O) groups excluding carboxylic acids is 1. The third-order valence-electron chi connectivity index (χ3n) is 5.06. The van der Waals surface area contributed by atoms with E-state index in [1.54, 1.807) is 18.2 Å². The highest BCUT2D eigenvalue weighted by Gasteiger charge is 2.46. The molecule has 0 unspecified atom stereocenters.